The van der Waals surface area contributed by atoms with E-state index in [0.717, 1.165) is 45.3 Å². The van der Waals surface area contributed by atoms with Crippen LogP contribution in [0.2, 0.25) is 0 Å². The number of benzene rings is 1. The number of likely N-dealkylation sites (tertiary alicyclic amines) is 1. The van der Waals surface area contributed by atoms with E-state index in [2.05, 4.69) is 34.5 Å². The van der Waals surface area contributed by atoms with E-state index in [-0.39, 0.29) is 18.6 Å². The van der Waals surface area contributed by atoms with Crippen molar-refractivity contribution in [3.8, 4) is 0 Å². The van der Waals surface area contributed by atoms with Crippen molar-refractivity contribution >= 4 is 5.91 Å². The van der Waals surface area contributed by atoms with E-state index in [4.69, 9.17) is 4.74 Å². The van der Waals surface area contributed by atoms with Crippen molar-refractivity contribution in [2.24, 2.45) is 0 Å². The SMILES string of the molecule is O=C(COC1CCCC1)NC1CCCN(Cc2ccccc2)C1. The highest BCUT2D eigenvalue weighted by molar-refractivity contribution is 5.77. The summed E-state index contributed by atoms with van der Waals surface area (Å²) in [4.78, 5) is 14.5. The molecule has 23 heavy (non-hydrogen) atoms. The minimum Gasteiger partial charge on any atom is -0.368 e. The smallest absolute Gasteiger partial charge is 0.246 e. The molecule has 1 aliphatic heterocycles. The van der Waals surface area contributed by atoms with Crippen molar-refractivity contribution in [2.45, 2.75) is 57.2 Å². The van der Waals surface area contributed by atoms with Gasteiger partial charge < -0.3 is 10.1 Å². The van der Waals surface area contributed by atoms with Gasteiger partial charge in [-0.1, -0.05) is 43.2 Å². The summed E-state index contributed by atoms with van der Waals surface area (Å²) in [6.45, 7) is 3.23. The third kappa shape index (κ3) is 5.33. The van der Waals surface area contributed by atoms with Crippen LogP contribution in [0.1, 0.15) is 44.1 Å². The first-order valence-electron chi connectivity index (χ1n) is 8.97. The number of rotatable bonds is 6. The Morgan fingerprint density at radius 2 is 1.91 bits per heavy atom. The van der Waals surface area contributed by atoms with Gasteiger partial charge in [-0.2, -0.15) is 0 Å². The molecule has 4 heteroatoms. The highest BCUT2D eigenvalue weighted by Crippen LogP contribution is 2.20. The monoisotopic (exact) mass is 316 g/mol. The second kappa shape index (κ2) is 8.46. The van der Waals surface area contributed by atoms with Crippen LogP contribution in [0.15, 0.2) is 30.3 Å². The predicted molar refractivity (Wildman–Crippen MR) is 91.1 cm³/mol. The molecule has 4 nitrogen and oxygen atoms in total. The first-order valence-corrected chi connectivity index (χ1v) is 8.97. The van der Waals surface area contributed by atoms with Gasteiger partial charge in [-0.05, 0) is 37.8 Å². The standard InChI is InChI=1S/C19H28N2O2/c22-19(15-23-18-10-4-5-11-18)20-17-9-6-12-21(14-17)13-16-7-2-1-3-8-16/h1-3,7-8,17-18H,4-6,9-15H2,(H,20,22). The summed E-state index contributed by atoms with van der Waals surface area (Å²) in [6.07, 6.45) is 7.22. The molecule has 0 bridgehead atoms. The van der Waals surface area contributed by atoms with Crippen LogP contribution in [-0.4, -0.2) is 42.6 Å². The first-order chi connectivity index (χ1) is 11.3. The first kappa shape index (κ1) is 16.5. The molecule has 2 aliphatic rings. The molecule has 1 N–H and O–H groups in total. The second-order valence-electron chi connectivity index (χ2n) is 6.84. The van der Waals surface area contributed by atoms with E-state index in [1.54, 1.807) is 0 Å². The van der Waals surface area contributed by atoms with Crippen LogP contribution in [-0.2, 0) is 16.1 Å². The number of hydrogen-bond donors (Lipinski definition) is 1. The maximum Gasteiger partial charge on any atom is 0.246 e. The van der Waals surface area contributed by atoms with Crippen LogP contribution in [0.3, 0.4) is 0 Å². The zero-order chi connectivity index (χ0) is 15.9. The molecule has 0 spiro atoms. The Kier molecular flexibility index (Phi) is 6.06. The Morgan fingerprint density at radius 1 is 1.13 bits per heavy atom. The predicted octanol–water partition coefficient (Wildman–Crippen LogP) is 2.73. The molecule has 2 fully saturated rings. The van der Waals surface area contributed by atoms with Crippen molar-refractivity contribution in [1.29, 1.82) is 0 Å². The van der Waals surface area contributed by atoms with Gasteiger partial charge in [0.15, 0.2) is 0 Å². The quantitative estimate of drug-likeness (QED) is 0.877. The van der Waals surface area contributed by atoms with Gasteiger partial charge in [-0.25, -0.2) is 0 Å². The molecule has 1 amide bonds. The molecule has 1 aliphatic carbocycles. The molecular formula is C19H28N2O2. The van der Waals surface area contributed by atoms with Crippen LogP contribution in [0.4, 0.5) is 0 Å². The summed E-state index contributed by atoms with van der Waals surface area (Å²) >= 11 is 0. The van der Waals surface area contributed by atoms with Crippen molar-refractivity contribution in [1.82, 2.24) is 10.2 Å². The molecule has 1 saturated carbocycles. The number of hydrogen-bond acceptors (Lipinski definition) is 3. The van der Waals surface area contributed by atoms with Crippen molar-refractivity contribution < 1.29 is 9.53 Å². The average molecular weight is 316 g/mol. The van der Waals surface area contributed by atoms with E-state index in [1.165, 1.54) is 18.4 Å². The van der Waals surface area contributed by atoms with Gasteiger partial charge >= 0.3 is 0 Å². The normalized spacial score (nSPS) is 23.0. The number of amides is 1. The lowest BCUT2D eigenvalue weighted by Crippen LogP contribution is -2.48. The fourth-order valence-corrected chi connectivity index (χ4v) is 3.68. The van der Waals surface area contributed by atoms with E-state index >= 15 is 0 Å². The lowest BCUT2D eigenvalue weighted by molar-refractivity contribution is -0.128. The molecule has 1 unspecified atom stereocenters. The van der Waals surface area contributed by atoms with Crippen molar-refractivity contribution in [3.63, 3.8) is 0 Å². The zero-order valence-corrected chi connectivity index (χ0v) is 13.9. The van der Waals surface area contributed by atoms with Gasteiger partial charge in [-0.3, -0.25) is 9.69 Å². The fraction of sp³-hybridized carbons (Fsp3) is 0.632. The van der Waals surface area contributed by atoms with Crippen molar-refractivity contribution in [3.05, 3.63) is 35.9 Å². The molecule has 126 valence electrons. The Morgan fingerprint density at radius 3 is 2.70 bits per heavy atom. The average Bonchev–Trinajstić information content (AvgIpc) is 3.08. The molecule has 1 saturated heterocycles. The van der Waals surface area contributed by atoms with E-state index in [0.29, 0.717) is 6.10 Å². The summed E-state index contributed by atoms with van der Waals surface area (Å²) in [7, 11) is 0. The Balaban J connectivity index is 1.40. The number of carbonyl (C=O) groups excluding carboxylic acids is 1. The maximum absolute atomic E-state index is 12.1. The van der Waals surface area contributed by atoms with Gasteiger partial charge in [0.25, 0.3) is 0 Å². The zero-order valence-electron chi connectivity index (χ0n) is 13.9. The largest absolute Gasteiger partial charge is 0.368 e. The van der Waals surface area contributed by atoms with Crippen LogP contribution in [0.5, 0.6) is 0 Å². The van der Waals surface area contributed by atoms with E-state index in [9.17, 15) is 4.79 Å². The van der Waals surface area contributed by atoms with Gasteiger partial charge in [0.2, 0.25) is 5.91 Å². The third-order valence-electron chi connectivity index (χ3n) is 4.87. The van der Waals surface area contributed by atoms with Gasteiger partial charge in [0.1, 0.15) is 6.61 Å². The highest BCUT2D eigenvalue weighted by atomic mass is 16.5. The summed E-state index contributed by atoms with van der Waals surface area (Å²) in [6, 6.07) is 10.8. The minimum absolute atomic E-state index is 0.0449. The highest BCUT2D eigenvalue weighted by Gasteiger charge is 2.22. The lowest BCUT2D eigenvalue weighted by Gasteiger charge is -2.33. The maximum atomic E-state index is 12.1. The molecular weight excluding hydrogens is 288 g/mol. The van der Waals surface area contributed by atoms with Crippen molar-refractivity contribution in [2.75, 3.05) is 19.7 Å². The van der Waals surface area contributed by atoms with Crippen LogP contribution < -0.4 is 5.32 Å². The van der Waals surface area contributed by atoms with E-state index in [1.807, 2.05) is 6.07 Å². The van der Waals surface area contributed by atoms with Crippen LogP contribution >= 0.6 is 0 Å². The Hall–Kier alpha value is -1.39. The number of nitrogens with zero attached hydrogens (tertiary/aromatic N) is 1. The summed E-state index contributed by atoms with van der Waals surface area (Å²) < 4.78 is 5.70. The Bertz CT molecular complexity index is 485. The molecule has 0 radical (unpaired) electrons. The fourth-order valence-electron chi connectivity index (χ4n) is 3.68. The number of carbonyl (C=O) groups is 1. The number of piperidine rings is 1. The van der Waals surface area contributed by atoms with Crippen LogP contribution in [0.25, 0.3) is 0 Å². The molecule has 0 aromatic heterocycles. The number of ether oxygens (including phenoxy) is 1. The number of nitrogens with one attached hydrogen (secondary N) is 1. The summed E-state index contributed by atoms with van der Waals surface area (Å²) in [5.74, 6) is 0.0449. The van der Waals surface area contributed by atoms with Gasteiger partial charge in [-0.15, -0.1) is 0 Å². The third-order valence-corrected chi connectivity index (χ3v) is 4.87. The molecule has 3 rings (SSSR count). The van der Waals surface area contributed by atoms with E-state index < -0.39 is 0 Å². The molecule has 1 atom stereocenters. The molecule has 1 aromatic rings. The lowest BCUT2D eigenvalue weighted by atomic mass is 10.0. The van der Waals surface area contributed by atoms with Gasteiger partial charge in [0, 0.05) is 19.1 Å². The second-order valence-corrected chi connectivity index (χ2v) is 6.84. The summed E-state index contributed by atoms with van der Waals surface area (Å²) in [5, 5.41) is 3.15. The summed E-state index contributed by atoms with van der Waals surface area (Å²) in [5.41, 5.74) is 1.34. The Labute approximate surface area is 139 Å². The molecule has 1 heterocycles. The minimum atomic E-state index is 0.0449. The van der Waals surface area contributed by atoms with Gasteiger partial charge in [0.05, 0.1) is 6.10 Å². The topological polar surface area (TPSA) is 41.6 Å². The molecule has 1 aromatic carbocycles. The van der Waals surface area contributed by atoms with Crippen LogP contribution in [0, 0.1) is 0 Å².